The molecule has 0 amide bonds. The van der Waals surface area contributed by atoms with Gasteiger partial charge in [0.15, 0.2) is 17.5 Å². The summed E-state index contributed by atoms with van der Waals surface area (Å²) in [4.78, 5) is 4.57. The zero-order chi connectivity index (χ0) is 16.2. The third kappa shape index (κ3) is 8.88. The molecule has 0 saturated heterocycles. The van der Waals surface area contributed by atoms with Gasteiger partial charge in [-0.3, -0.25) is 0 Å². The van der Waals surface area contributed by atoms with Crippen LogP contribution in [0.5, 0.6) is 11.5 Å². The molecule has 0 radical (unpaired) electrons. The molecule has 0 unspecified atom stereocenters. The number of unbranched alkanes of at least 4 members (excludes halogenated alkanes) is 2. The Morgan fingerprint density at radius 2 is 1.96 bits per heavy atom. The number of nitrogens with one attached hydrogen (secondary N) is 2. The second kappa shape index (κ2) is 13.3. The minimum absolute atomic E-state index is 0. The van der Waals surface area contributed by atoms with Crippen LogP contribution in [0.2, 0.25) is 0 Å². The number of halogens is 1. The number of hydrogen-bond acceptors (Lipinski definition) is 3. The van der Waals surface area contributed by atoms with Crippen LogP contribution in [0.4, 0.5) is 0 Å². The van der Waals surface area contributed by atoms with Crippen LogP contribution in [-0.2, 0) is 6.54 Å². The summed E-state index contributed by atoms with van der Waals surface area (Å²) in [6, 6.07) is 5.35. The standard InChI is InChI=1S/C17H29N3O2.HI/c1-4-7-8-11-19-17(18-5-2)20-13-14-9-10-15(21)16(12-14)22-6-3;/h9-10,12,21H,4-8,11,13H2,1-3H3,(H2,18,19,20);1H. The topological polar surface area (TPSA) is 65.9 Å². The highest BCUT2D eigenvalue weighted by Gasteiger charge is 2.04. The fourth-order valence-corrected chi connectivity index (χ4v) is 2.02. The molecule has 1 aromatic carbocycles. The van der Waals surface area contributed by atoms with Gasteiger partial charge >= 0.3 is 0 Å². The summed E-state index contributed by atoms with van der Waals surface area (Å²) in [7, 11) is 0. The highest BCUT2D eigenvalue weighted by Crippen LogP contribution is 2.26. The molecule has 1 rings (SSSR count). The zero-order valence-electron chi connectivity index (χ0n) is 14.4. The van der Waals surface area contributed by atoms with Gasteiger partial charge in [0.05, 0.1) is 13.2 Å². The van der Waals surface area contributed by atoms with E-state index >= 15 is 0 Å². The molecule has 3 N–H and O–H groups in total. The molecule has 0 aromatic heterocycles. The second-order valence-corrected chi connectivity index (χ2v) is 5.06. The number of phenolic OH excluding ortho intramolecular Hbond substituents is 1. The van der Waals surface area contributed by atoms with Crippen molar-refractivity contribution in [2.24, 2.45) is 4.99 Å². The number of phenols is 1. The molecule has 23 heavy (non-hydrogen) atoms. The summed E-state index contributed by atoms with van der Waals surface area (Å²) < 4.78 is 5.39. The molecule has 0 spiro atoms. The molecule has 5 nitrogen and oxygen atoms in total. The summed E-state index contributed by atoms with van der Waals surface area (Å²) in [5.41, 5.74) is 1.01. The van der Waals surface area contributed by atoms with Gasteiger partial charge in [0.25, 0.3) is 0 Å². The van der Waals surface area contributed by atoms with Gasteiger partial charge in [-0.25, -0.2) is 4.99 Å². The minimum atomic E-state index is 0. The SMILES string of the molecule is CCCCCNC(=NCc1ccc(O)c(OCC)c1)NCC.I. The minimum Gasteiger partial charge on any atom is -0.504 e. The van der Waals surface area contributed by atoms with E-state index in [1.165, 1.54) is 12.8 Å². The van der Waals surface area contributed by atoms with Gasteiger partial charge in [-0.2, -0.15) is 0 Å². The van der Waals surface area contributed by atoms with E-state index in [1.807, 2.05) is 19.1 Å². The van der Waals surface area contributed by atoms with Crippen molar-refractivity contribution in [3.63, 3.8) is 0 Å². The molecule has 0 fully saturated rings. The Balaban J connectivity index is 0.00000484. The van der Waals surface area contributed by atoms with Gasteiger partial charge in [0, 0.05) is 13.1 Å². The lowest BCUT2D eigenvalue weighted by Crippen LogP contribution is -2.37. The molecule has 1 aromatic rings. The van der Waals surface area contributed by atoms with Gasteiger partial charge in [-0.1, -0.05) is 25.8 Å². The smallest absolute Gasteiger partial charge is 0.191 e. The number of nitrogens with zero attached hydrogens (tertiary/aromatic N) is 1. The van der Waals surface area contributed by atoms with Crippen molar-refractivity contribution in [2.75, 3.05) is 19.7 Å². The van der Waals surface area contributed by atoms with E-state index in [0.29, 0.717) is 18.9 Å². The lowest BCUT2D eigenvalue weighted by atomic mass is 10.2. The third-order valence-electron chi connectivity index (χ3n) is 3.16. The van der Waals surface area contributed by atoms with Crippen molar-refractivity contribution in [1.82, 2.24) is 10.6 Å². The number of aromatic hydroxyl groups is 1. The summed E-state index contributed by atoms with van der Waals surface area (Å²) in [5.74, 6) is 1.50. The molecule has 0 saturated carbocycles. The molecule has 0 aliphatic heterocycles. The predicted molar refractivity (Wildman–Crippen MR) is 107 cm³/mol. The van der Waals surface area contributed by atoms with E-state index in [0.717, 1.165) is 31.0 Å². The van der Waals surface area contributed by atoms with Crippen molar-refractivity contribution in [3.8, 4) is 11.5 Å². The summed E-state index contributed by atoms with van der Waals surface area (Å²) in [5, 5.41) is 16.3. The normalized spacial score (nSPS) is 10.8. The number of guanidine groups is 1. The largest absolute Gasteiger partial charge is 0.504 e. The lowest BCUT2D eigenvalue weighted by molar-refractivity contribution is 0.318. The molecular formula is C17H30IN3O2. The predicted octanol–water partition coefficient (Wildman–Crippen LogP) is 3.65. The molecular weight excluding hydrogens is 405 g/mol. The van der Waals surface area contributed by atoms with Crippen molar-refractivity contribution >= 4 is 29.9 Å². The van der Waals surface area contributed by atoms with Crippen molar-refractivity contribution < 1.29 is 9.84 Å². The molecule has 132 valence electrons. The average molecular weight is 435 g/mol. The Kier molecular flexibility index (Phi) is 12.6. The fourth-order valence-electron chi connectivity index (χ4n) is 2.02. The first kappa shape index (κ1) is 21.8. The third-order valence-corrected chi connectivity index (χ3v) is 3.16. The maximum Gasteiger partial charge on any atom is 0.191 e. The Morgan fingerprint density at radius 3 is 2.61 bits per heavy atom. The van der Waals surface area contributed by atoms with Crippen molar-refractivity contribution in [2.45, 2.75) is 46.6 Å². The van der Waals surface area contributed by atoms with E-state index in [-0.39, 0.29) is 29.7 Å². The first-order valence-corrected chi connectivity index (χ1v) is 8.18. The van der Waals surface area contributed by atoms with Crippen LogP contribution in [0, 0.1) is 0 Å². The maximum atomic E-state index is 9.71. The van der Waals surface area contributed by atoms with E-state index in [2.05, 4.69) is 29.5 Å². The van der Waals surface area contributed by atoms with Crippen molar-refractivity contribution in [3.05, 3.63) is 23.8 Å². The molecule has 6 heteroatoms. The van der Waals surface area contributed by atoms with Gasteiger partial charge in [-0.15, -0.1) is 24.0 Å². The van der Waals surface area contributed by atoms with Crippen LogP contribution < -0.4 is 15.4 Å². The fraction of sp³-hybridized carbons (Fsp3) is 0.588. The summed E-state index contributed by atoms with van der Waals surface area (Å²) in [6.07, 6.45) is 3.58. The molecule has 0 atom stereocenters. The molecule has 0 heterocycles. The summed E-state index contributed by atoms with van der Waals surface area (Å²) in [6.45, 7) is 8.98. The molecule has 0 aliphatic rings. The number of hydrogen-bond donors (Lipinski definition) is 3. The lowest BCUT2D eigenvalue weighted by Gasteiger charge is -2.11. The highest BCUT2D eigenvalue weighted by atomic mass is 127. The quantitative estimate of drug-likeness (QED) is 0.240. The van der Waals surface area contributed by atoms with Crippen LogP contribution in [0.3, 0.4) is 0 Å². The van der Waals surface area contributed by atoms with Gasteiger partial charge in [0.2, 0.25) is 0 Å². The average Bonchev–Trinajstić information content (AvgIpc) is 2.52. The maximum absolute atomic E-state index is 9.71. The molecule has 0 bridgehead atoms. The number of aliphatic imine (C=N–C) groups is 1. The Morgan fingerprint density at radius 1 is 1.17 bits per heavy atom. The van der Waals surface area contributed by atoms with Gasteiger partial charge in [-0.05, 0) is 38.0 Å². The van der Waals surface area contributed by atoms with Crippen LogP contribution >= 0.6 is 24.0 Å². The Hall–Kier alpha value is -1.18. The second-order valence-electron chi connectivity index (χ2n) is 5.06. The number of rotatable bonds is 9. The van der Waals surface area contributed by atoms with Gasteiger partial charge in [0.1, 0.15) is 0 Å². The van der Waals surface area contributed by atoms with E-state index < -0.39 is 0 Å². The van der Waals surface area contributed by atoms with Crippen LogP contribution in [0.15, 0.2) is 23.2 Å². The van der Waals surface area contributed by atoms with Crippen LogP contribution in [-0.4, -0.2) is 30.8 Å². The zero-order valence-corrected chi connectivity index (χ0v) is 16.7. The van der Waals surface area contributed by atoms with Crippen LogP contribution in [0.25, 0.3) is 0 Å². The number of benzene rings is 1. The van der Waals surface area contributed by atoms with E-state index in [4.69, 9.17) is 4.74 Å². The van der Waals surface area contributed by atoms with E-state index in [9.17, 15) is 5.11 Å². The monoisotopic (exact) mass is 435 g/mol. The molecule has 0 aliphatic carbocycles. The van der Waals surface area contributed by atoms with Gasteiger partial charge < -0.3 is 20.5 Å². The summed E-state index contributed by atoms with van der Waals surface area (Å²) >= 11 is 0. The number of ether oxygens (including phenoxy) is 1. The highest BCUT2D eigenvalue weighted by molar-refractivity contribution is 14.0. The Labute approximate surface area is 156 Å². The first-order chi connectivity index (χ1) is 10.7. The van der Waals surface area contributed by atoms with Crippen LogP contribution in [0.1, 0.15) is 45.6 Å². The van der Waals surface area contributed by atoms with Crippen molar-refractivity contribution in [1.29, 1.82) is 0 Å². The Bertz CT molecular complexity index is 467. The first-order valence-electron chi connectivity index (χ1n) is 8.18. The van der Waals surface area contributed by atoms with E-state index in [1.54, 1.807) is 6.07 Å².